The van der Waals surface area contributed by atoms with Gasteiger partial charge in [-0.2, -0.15) is 0 Å². The van der Waals surface area contributed by atoms with E-state index in [0.717, 1.165) is 103 Å². The van der Waals surface area contributed by atoms with Crippen LogP contribution in [-0.2, 0) is 23.8 Å². The number of hydrogen-bond donors (Lipinski definition) is 0. The van der Waals surface area contributed by atoms with Crippen molar-refractivity contribution in [3.63, 3.8) is 0 Å². The van der Waals surface area contributed by atoms with Crippen LogP contribution in [0, 0.1) is 0 Å². The first kappa shape index (κ1) is 59.1. The number of carbonyl (C=O) groups is 2. The molecule has 0 aliphatic carbocycles. The Morgan fingerprint density at radius 1 is 0.371 bits per heavy atom. The van der Waals surface area contributed by atoms with Crippen LogP contribution < -0.4 is 0 Å². The average molecular weight is 863 g/mol. The van der Waals surface area contributed by atoms with Crippen LogP contribution in [0.15, 0.2) is 85.1 Å². The van der Waals surface area contributed by atoms with E-state index in [1.807, 2.05) is 0 Å². The number of esters is 2. The first-order valence-corrected chi connectivity index (χ1v) is 26.1. The zero-order valence-corrected chi connectivity index (χ0v) is 40.9. The van der Waals surface area contributed by atoms with Gasteiger partial charge in [0, 0.05) is 19.4 Å². The molecule has 0 aromatic heterocycles. The Kier molecular flexibility index (Phi) is 50.0. The zero-order valence-electron chi connectivity index (χ0n) is 40.9. The number of carbonyl (C=O) groups excluding carboxylic acids is 2. The van der Waals surface area contributed by atoms with E-state index in [-0.39, 0.29) is 25.2 Å². The first-order valence-electron chi connectivity index (χ1n) is 26.1. The predicted octanol–water partition coefficient (Wildman–Crippen LogP) is 17.7. The summed E-state index contributed by atoms with van der Waals surface area (Å²) < 4.78 is 17.4. The lowest BCUT2D eigenvalue weighted by Crippen LogP contribution is -2.30. The minimum Gasteiger partial charge on any atom is -0.462 e. The molecule has 0 aliphatic heterocycles. The van der Waals surface area contributed by atoms with Crippen molar-refractivity contribution in [2.75, 3.05) is 19.8 Å². The van der Waals surface area contributed by atoms with Gasteiger partial charge in [0.15, 0.2) is 6.10 Å². The second kappa shape index (κ2) is 52.4. The Morgan fingerprint density at radius 3 is 1.16 bits per heavy atom. The van der Waals surface area contributed by atoms with Gasteiger partial charge >= 0.3 is 11.9 Å². The van der Waals surface area contributed by atoms with Crippen LogP contribution in [0.1, 0.15) is 239 Å². The normalized spacial score (nSPS) is 12.9. The average Bonchev–Trinajstić information content (AvgIpc) is 3.27. The zero-order chi connectivity index (χ0) is 44.9. The van der Waals surface area contributed by atoms with Crippen molar-refractivity contribution < 1.29 is 23.8 Å². The van der Waals surface area contributed by atoms with Gasteiger partial charge in [-0.1, -0.05) is 221 Å². The first-order chi connectivity index (χ1) is 30.6. The highest BCUT2D eigenvalue weighted by molar-refractivity contribution is 5.70. The molecule has 5 heteroatoms. The summed E-state index contributed by atoms with van der Waals surface area (Å²) in [6.07, 6.45) is 68.7. The van der Waals surface area contributed by atoms with Gasteiger partial charge in [0.05, 0.1) is 6.61 Å². The van der Waals surface area contributed by atoms with E-state index >= 15 is 0 Å². The minimum absolute atomic E-state index is 0.0706. The standard InChI is InChI=1S/C57H98O5/c1-4-7-10-13-16-19-22-24-26-28-29-30-31-33-36-38-41-44-47-50-56(58)61-54-55(62-57(59)51-48-45-42-39-35-21-18-15-12-9-6-3)53-60-52-49-46-43-40-37-34-32-27-25-23-20-17-14-11-8-5-2/h7-8,10-11,16-17,19-20,24-27,29-30,55H,4-6,9,12-15,18,21-23,28,31-54H2,1-3H3/b10-7-,11-8-,19-16-,20-17-,26-24-,27-25-,30-29-. The highest BCUT2D eigenvalue weighted by atomic mass is 16.6. The van der Waals surface area contributed by atoms with Crippen LogP contribution in [0.2, 0.25) is 0 Å². The van der Waals surface area contributed by atoms with Crippen molar-refractivity contribution in [2.45, 2.75) is 245 Å². The highest BCUT2D eigenvalue weighted by Gasteiger charge is 2.17. The molecule has 0 aromatic rings. The lowest BCUT2D eigenvalue weighted by Gasteiger charge is -2.18. The second-order valence-electron chi connectivity index (χ2n) is 17.0. The molecule has 0 aromatic carbocycles. The smallest absolute Gasteiger partial charge is 0.306 e. The lowest BCUT2D eigenvalue weighted by molar-refractivity contribution is -0.163. The molecule has 62 heavy (non-hydrogen) atoms. The third-order valence-electron chi connectivity index (χ3n) is 10.9. The Bertz CT molecular complexity index is 1160. The van der Waals surface area contributed by atoms with Crippen molar-refractivity contribution in [1.82, 2.24) is 0 Å². The number of rotatable bonds is 47. The van der Waals surface area contributed by atoms with Gasteiger partial charge in [0.1, 0.15) is 6.61 Å². The van der Waals surface area contributed by atoms with Gasteiger partial charge in [-0.05, 0) is 89.9 Å². The molecular formula is C57H98O5. The number of allylic oxidation sites excluding steroid dienone is 14. The Balaban J connectivity index is 4.28. The van der Waals surface area contributed by atoms with Crippen LogP contribution in [0.5, 0.6) is 0 Å². The molecule has 1 unspecified atom stereocenters. The molecule has 0 heterocycles. The minimum atomic E-state index is -0.550. The summed E-state index contributed by atoms with van der Waals surface area (Å²) in [5.74, 6) is -0.419. The van der Waals surface area contributed by atoms with E-state index in [2.05, 4.69) is 106 Å². The maximum Gasteiger partial charge on any atom is 0.306 e. The monoisotopic (exact) mass is 863 g/mol. The molecule has 0 saturated carbocycles. The molecule has 0 spiro atoms. The van der Waals surface area contributed by atoms with Crippen LogP contribution in [0.3, 0.4) is 0 Å². The predicted molar refractivity (Wildman–Crippen MR) is 270 cm³/mol. The molecule has 0 radical (unpaired) electrons. The number of unbranched alkanes of at least 4 members (excludes halogenated alkanes) is 22. The molecule has 0 saturated heterocycles. The van der Waals surface area contributed by atoms with Crippen molar-refractivity contribution >= 4 is 11.9 Å². The fourth-order valence-corrected chi connectivity index (χ4v) is 7.10. The summed E-state index contributed by atoms with van der Waals surface area (Å²) in [5.41, 5.74) is 0. The number of ether oxygens (including phenoxy) is 3. The number of hydrogen-bond acceptors (Lipinski definition) is 5. The lowest BCUT2D eigenvalue weighted by atomic mass is 10.1. The third kappa shape index (κ3) is 49.7. The van der Waals surface area contributed by atoms with Crippen LogP contribution >= 0.6 is 0 Å². The second-order valence-corrected chi connectivity index (χ2v) is 17.0. The quantitative estimate of drug-likeness (QED) is 0.0346. The summed E-state index contributed by atoms with van der Waals surface area (Å²) in [7, 11) is 0. The van der Waals surface area contributed by atoms with Gasteiger partial charge in [0.2, 0.25) is 0 Å². The third-order valence-corrected chi connectivity index (χ3v) is 10.9. The molecule has 0 aliphatic rings. The Morgan fingerprint density at radius 2 is 0.726 bits per heavy atom. The van der Waals surface area contributed by atoms with Gasteiger partial charge in [-0.15, -0.1) is 0 Å². The van der Waals surface area contributed by atoms with Gasteiger partial charge in [-0.25, -0.2) is 0 Å². The van der Waals surface area contributed by atoms with Gasteiger partial charge in [0.25, 0.3) is 0 Å². The van der Waals surface area contributed by atoms with Crippen molar-refractivity contribution in [3.8, 4) is 0 Å². The molecule has 0 bridgehead atoms. The van der Waals surface area contributed by atoms with Crippen LogP contribution in [0.25, 0.3) is 0 Å². The highest BCUT2D eigenvalue weighted by Crippen LogP contribution is 2.14. The SMILES string of the molecule is CC/C=C\C/C=C\C/C=C\C/C=C\CCCCCCCCC(=O)OCC(COCCCCCCCC/C=C\C/C=C\C/C=C\CC)OC(=O)CCCCCCCCCCCCC. The maximum absolute atomic E-state index is 12.8. The Labute approximate surface area is 384 Å². The molecular weight excluding hydrogens is 765 g/mol. The van der Waals surface area contributed by atoms with E-state index in [4.69, 9.17) is 14.2 Å². The maximum atomic E-state index is 12.8. The summed E-state index contributed by atoms with van der Waals surface area (Å²) >= 11 is 0. The summed E-state index contributed by atoms with van der Waals surface area (Å²) in [6, 6.07) is 0. The van der Waals surface area contributed by atoms with Crippen molar-refractivity contribution in [3.05, 3.63) is 85.1 Å². The molecule has 0 fully saturated rings. The molecule has 1 atom stereocenters. The Hall–Kier alpha value is -2.92. The van der Waals surface area contributed by atoms with Crippen LogP contribution in [0.4, 0.5) is 0 Å². The summed E-state index contributed by atoms with van der Waals surface area (Å²) in [6.45, 7) is 7.57. The molecule has 0 amide bonds. The molecule has 0 N–H and O–H groups in total. The van der Waals surface area contributed by atoms with Gasteiger partial charge in [-0.3, -0.25) is 9.59 Å². The fraction of sp³-hybridized carbons (Fsp3) is 0.719. The summed E-state index contributed by atoms with van der Waals surface area (Å²) in [4.78, 5) is 25.4. The van der Waals surface area contributed by atoms with E-state index in [1.165, 1.54) is 103 Å². The van der Waals surface area contributed by atoms with E-state index in [0.29, 0.717) is 19.4 Å². The summed E-state index contributed by atoms with van der Waals surface area (Å²) in [5, 5.41) is 0. The topological polar surface area (TPSA) is 61.8 Å². The van der Waals surface area contributed by atoms with Crippen molar-refractivity contribution in [1.29, 1.82) is 0 Å². The van der Waals surface area contributed by atoms with E-state index < -0.39 is 6.10 Å². The molecule has 0 rings (SSSR count). The van der Waals surface area contributed by atoms with Crippen LogP contribution in [-0.4, -0.2) is 37.9 Å². The van der Waals surface area contributed by atoms with E-state index in [1.54, 1.807) is 0 Å². The molecule has 356 valence electrons. The van der Waals surface area contributed by atoms with Crippen molar-refractivity contribution in [2.24, 2.45) is 0 Å². The largest absolute Gasteiger partial charge is 0.462 e. The van der Waals surface area contributed by atoms with E-state index in [9.17, 15) is 9.59 Å². The fourth-order valence-electron chi connectivity index (χ4n) is 7.10. The van der Waals surface area contributed by atoms with Gasteiger partial charge < -0.3 is 14.2 Å². The molecule has 5 nitrogen and oxygen atoms in total.